The van der Waals surface area contributed by atoms with Crippen LogP contribution in [-0.4, -0.2) is 25.1 Å². The zero-order valence-electron chi connectivity index (χ0n) is 7.47. The van der Waals surface area contributed by atoms with Crippen LogP contribution in [0.5, 0.6) is 0 Å². The quantitative estimate of drug-likeness (QED) is 0.637. The third-order valence-corrected chi connectivity index (χ3v) is 3.86. The minimum Gasteiger partial charge on any atom is -0.269 e. The number of sulfone groups is 1. The Hall–Kier alpha value is -0.330. The van der Waals surface area contributed by atoms with E-state index in [9.17, 15) is 21.6 Å². The Balaban J connectivity index is 0. The van der Waals surface area contributed by atoms with Gasteiger partial charge in [-0.25, -0.2) is 8.42 Å². The highest BCUT2D eigenvalue weighted by molar-refractivity contribution is 7.92. The summed E-state index contributed by atoms with van der Waals surface area (Å²) in [6.45, 7) is 3.73. The van der Waals surface area contributed by atoms with Crippen LogP contribution < -0.4 is 0 Å². The van der Waals surface area contributed by atoms with E-state index in [4.69, 9.17) is 0 Å². The van der Waals surface area contributed by atoms with Crippen molar-refractivity contribution in [3.8, 4) is 0 Å². The lowest BCUT2D eigenvalue weighted by atomic mass is 10.3. The van der Waals surface area contributed by atoms with Crippen LogP contribution in [-0.2, 0) is 9.84 Å². The molecule has 0 aromatic carbocycles. The minimum atomic E-state index is -4.65. The predicted molar refractivity (Wildman–Crippen MR) is 42.1 cm³/mol. The van der Waals surface area contributed by atoms with Gasteiger partial charge < -0.3 is 0 Å². The summed E-state index contributed by atoms with van der Waals surface area (Å²) < 4.78 is 55.7. The molecule has 0 aliphatic carbocycles. The Morgan fingerprint density at radius 2 is 1.38 bits per heavy atom. The molecule has 0 aliphatic rings. The molecule has 0 amide bonds. The van der Waals surface area contributed by atoms with E-state index >= 15 is 0 Å². The van der Waals surface area contributed by atoms with Gasteiger partial charge in [0.15, 0.2) is 9.84 Å². The normalized spacial score (nSPS) is 13.7. The van der Waals surface area contributed by atoms with Crippen molar-refractivity contribution in [2.75, 3.05) is 5.75 Å². The third kappa shape index (κ3) is 5.07. The fraction of sp³-hybridized carbons (Fsp3) is 1.00. The van der Waals surface area contributed by atoms with Crippen LogP contribution in [0.25, 0.3) is 0 Å². The summed E-state index contributed by atoms with van der Waals surface area (Å²) in [6, 6.07) is 0. The highest BCUT2D eigenvalue weighted by Crippen LogP contribution is 2.24. The Kier molecular flexibility index (Phi) is 4.44. The summed E-state index contributed by atoms with van der Waals surface area (Å²) >= 11 is 0. The Labute approximate surface area is 74.4 Å². The van der Waals surface area contributed by atoms with Crippen molar-refractivity contribution in [1.29, 1.82) is 0 Å². The van der Waals surface area contributed by atoms with E-state index in [0.717, 1.165) is 0 Å². The fourth-order valence-electron chi connectivity index (χ4n) is 0.432. The first-order chi connectivity index (χ1) is 4.96. The minimum absolute atomic E-state index is 0. The van der Waals surface area contributed by atoms with Gasteiger partial charge in [0.25, 0.3) is 0 Å². The first-order valence-corrected chi connectivity index (χ1v) is 4.90. The SMILES string of the molecule is CC(C)(C)S(=O)(=O)CC(F)(F)F.F. The van der Waals surface area contributed by atoms with Crippen LogP contribution in [0.1, 0.15) is 20.8 Å². The molecule has 0 N–H and O–H groups in total. The van der Waals surface area contributed by atoms with Crippen LogP contribution in [0.4, 0.5) is 17.9 Å². The average molecular weight is 224 g/mol. The molecule has 0 spiro atoms. The van der Waals surface area contributed by atoms with Crippen molar-refractivity contribution < 1.29 is 26.3 Å². The maximum Gasteiger partial charge on any atom is 0.402 e. The van der Waals surface area contributed by atoms with Gasteiger partial charge in [0, 0.05) is 0 Å². The maximum absolute atomic E-state index is 11.7. The smallest absolute Gasteiger partial charge is 0.269 e. The molecule has 7 heteroatoms. The van der Waals surface area contributed by atoms with Crippen molar-refractivity contribution in [3.63, 3.8) is 0 Å². The van der Waals surface area contributed by atoms with Gasteiger partial charge >= 0.3 is 6.18 Å². The first-order valence-electron chi connectivity index (χ1n) is 3.25. The fourth-order valence-corrected chi connectivity index (χ4v) is 1.30. The molecule has 0 heterocycles. The molecule has 82 valence electrons. The summed E-state index contributed by atoms with van der Waals surface area (Å²) in [5.41, 5.74) is 0. The molecule has 0 aromatic rings. The zero-order chi connectivity index (χ0) is 10.2. The predicted octanol–water partition coefficient (Wildman–Crippen LogP) is 1.91. The van der Waals surface area contributed by atoms with E-state index in [1.54, 1.807) is 0 Å². The van der Waals surface area contributed by atoms with Gasteiger partial charge in [-0.05, 0) is 20.8 Å². The highest BCUT2D eigenvalue weighted by Gasteiger charge is 2.41. The molecule has 0 aromatic heterocycles. The van der Waals surface area contributed by atoms with Crippen molar-refractivity contribution in [1.82, 2.24) is 0 Å². The summed E-state index contributed by atoms with van der Waals surface area (Å²) in [5, 5.41) is 0. The number of alkyl halides is 3. The van der Waals surface area contributed by atoms with Crippen molar-refractivity contribution in [2.45, 2.75) is 31.7 Å². The summed E-state index contributed by atoms with van der Waals surface area (Å²) in [7, 11) is -4.08. The van der Waals surface area contributed by atoms with Gasteiger partial charge in [0.1, 0.15) is 5.75 Å². The molecule has 0 saturated heterocycles. The van der Waals surface area contributed by atoms with Gasteiger partial charge in [0.2, 0.25) is 0 Å². The molecular weight excluding hydrogens is 212 g/mol. The van der Waals surface area contributed by atoms with Crippen molar-refractivity contribution in [2.24, 2.45) is 0 Å². The Morgan fingerprint density at radius 1 is 1.08 bits per heavy atom. The number of rotatable bonds is 1. The third-order valence-electron chi connectivity index (χ3n) is 1.29. The lowest BCUT2D eigenvalue weighted by Gasteiger charge is -2.19. The van der Waals surface area contributed by atoms with Crippen molar-refractivity contribution in [3.05, 3.63) is 0 Å². The molecule has 13 heavy (non-hydrogen) atoms. The van der Waals surface area contributed by atoms with Gasteiger partial charge in [0.05, 0.1) is 4.75 Å². The highest BCUT2D eigenvalue weighted by atomic mass is 32.2. The zero-order valence-corrected chi connectivity index (χ0v) is 8.29. The number of halogens is 4. The molecule has 0 bridgehead atoms. The monoisotopic (exact) mass is 224 g/mol. The van der Waals surface area contributed by atoms with Crippen LogP contribution in [0.15, 0.2) is 0 Å². The second kappa shape index (κ2) is 3.81. The molecule has 0 unspecified atom stereocenters. The average Bonchev–Trinajstić information content (AvgIpc) is 1.52. The second-order valence-electron chi connectivity index (χ2n) is 3.49. The molecular formula is C6H12F4O2S. The van der Waals surface area contributed by atoms with Gasteiger partial charge in [-0.15, -0.1) is 0 Å². The van der Waals surface area contributed by atoms with Gasteiger partial charge in [-0.2, -0.15) is 13.2 Å². The topological polar surface area (TPSA) is 34.1 Å². The van der Waals surface area contributed by atoms with E-state index in [1.807, 2.05) is 0 Å². The first kappa shape index (κ1) is 15.2. The van der Waals surface area contributed by atoms with E-state index in [1.165, 1.54) is 20.8 Å². The van der Waals surface area contributed by atoms with Crippen LogP contribution in [0, 0.1) is 0 Å². The molecule has 0 saturated carbocycles. The number of hydrogen-bond donors (Lipinski definition) is 0. The Bertz CT molecular complexity index is 247. The lowest BCUT2D eigenvalue weighted by Crippen LogP contribution is -2.36. The lowest BCUT2D eigenvalue weighted by molar-refractivity contribution is -0.106. The number of hydrogen-bond acceptors (Lipinski definition) is 2. The van der Waals surface area contributed by atoms with Gasteiger partial charge in [-0.1, -0.05) is 0 Å². The van der Waals surface area contributed by atoms with E-state index in [-0.39, 0.29) is 4.70 Å². The van der Waals surface area contributed by atoms with E-state index < -0.39 is 26.5 Å². The summed E-state index contributed by atoms with van der Waals surface area (Å²) in [5.74, 6) is -1.75. The molecule has 0 aliphatic heterocycles. The van der Waals surface area contributed by atoms with Crippen LogP contribution >= 0.6 is 0 Å². The second-order valence-corrected chi connectivity index (χ2v) is 6.23. The van der Waals surface area contributed by atoms with Gasteiger partial charge in [-0.3, -0.25) is 4.70 Å². The maximum atomic E-state index is 11.7. The Morgan fingerprint density at radius 3 is 1.46 bits per heavy atom. The standard InChI is InChI=1S/C6H11F3O2S.FH/c1-5(2,3)12(10,11)4-6(7,8)9;/h4H2,1-3H3;1H. The molecule has 0 radical (unpaired) electrons. The van der Waals surface area contributed by atoms with Crippen molar-refractivity contribution >= 4 is 9.84 Å². The largest absolute Gasteiger partial charge is 0.402 e. The molecule has 2 nitrogen and oxygen atoms in total. The van der Waals surface area contributed by atoms with E-state index in [0.29, 0.717) is 0 Å². The molecule has 0 rings (SSSR count). The molecule has 0 fully saturated rings. The molecule has 0 atom stereocenters. The summed E-state index contributed by atoms with van der Waals surface area (Å²) in [6.07, 6.45) is -4.65. The summed E-state index contributed by atoms with van der Waals surface area (Å²) in [4.78, 5) is 0. The van der Waals surface area contributed by atoms with E-state index in [2.05, 4.69) is 0 Å². The van der Waals surface area contributed by atoms with Crippen LogP contribution in [0.3, 0.4) is 0 Å². The van der Waals surface area contributed by atoms with Crippen LogP contribution in [0.2, 0.25) is 0 Å².